The molecule has 0 aliphatic rings. The SMILES string of the molecule is Nc1cc2ccc3c(Br)cc(Br)c4ccc(c1)c2c34. The van der Waals surface area contributed by atoms with E-state index in [9.17, 15) is 0 Å². The first-order valence-corrected chi connectivity index (χ1v) is 7.56. The molecule has 0 heterocycles. The maximum Gasteiger partial charge on any atom is 0.0326 e. The monoisotopic (exact) mass is 373 g/mol. The minimum atomic E-state index is 0.809. The first-order chi connectivity index (χ1) is 9.15. The maximum atomic E-state index is 5.97. The number of hydrogen-bond donors (Lipinski definition) is 1. The molecule has 4 rings (SSSR count). The van der Waals surface area contributed by atoms with Crippen LogP contribution in [0.5, 0.6) is 0 Å². The van der Waals surface area contributed by atoms with Gasteiger partial charge in [-0.2, -0.15) is 0 Å². The number of hydrogen-bond acceptors (Lipinski definition) is 1. The van der Waals surface area contributed by atoms with Crippen LogP contribution in [-0.2, 0) is 0 Å². The van der Waals surface area contributed by atoms with E-state index in [4.69, 9.17) is 5.73 Å². The van der Waals surface area contributed by atoms with Crippen molar-refractivity contribution in [2.75, 3.05) is 5.73 Å². The molecule has 3 heteroatoms. The number of anilines is 1. The van der Waals surface area contributed by atoms with Gasteiger partial charge in [-0.05, 0) is 50.5 Å². The molecule has 4 aromatic carbocycles. The van der Waals surface area contributed by atoms with E-state index in [1.54, 1.807) is 0 Å². The number of benzene rings is 4. The highest BCUT2D eigenvalue weighted by molar-refractivity contribution is 9.11. The van der Waals surface area contributed by atoms with Crippen LogP contribution in [0.15, 0.2) is 51.4 Å². The van der Waals surface area contributed by atoms with Crippen molar-refractivity contribution in [2.45, 2.75) is 0 Å². The van der Waals surface area contributed by atoms with E-state index in [1.807, 2.05) is 12.1 Å². The number of halogens is 2. The summed E-state index contributed by atoms with van der Waals surface area (Å²) in [4.78, 5) is 0. The average Bonchev–Trinajstić information content (AvgIpc) is 2.37. The molecule has 0 bridgehead atoms. The Labute approximate surface area is 127 Å². The van der Waals surface area contributed by atoms with Gasteiger partial charge in [0.2, 0.25) is 0 Å². The summed E-state index contributed by atoms with van der Waals surface area (Å²) in [5.74, 6) is 0. The van der Waals surface area contributed by atoms with E-state index in [0.29, 0.717) is 0 Å². The molecule has 0 spiro atoms. The van der Waals surface area contributed by atoms with E-state index < -0.39 is 0 Å². The second-order valence-electron chi connectivity index (χ2n) is 4.78. The van der Waals surface area contributed by atoms with E-state index in [0.717, 1.165) is 14.6 Å². The van der Waals surface area contributed by atoms with Crippen molar-refractivity contribution >= 4 is 69.9 Å². The zero-order chi connectivity index (χ0) is 13.1. The summed E-state index contributed by atoms with van der Waals surface area (Å²) in [6.07, 6.45) is 0. The molecule has 0 saturated carbocycles. The van der Waals surface area contributed by atoms with Crippen LogP contribution in [0.1, 0.15) is 0 Å². The van der Waals surface area contributed by atoms with E-state index >= 15 is 0 Å². The van der Waals surface area contributed by atoms with Crippen LogP contribution in [-0.4, -0.2) is 0 Å². The molecule has 0 radical (unpaired) electrons. The van der Waals surface area contributed by atoms with Gasteiger partial charge in [-0.15, -0.1) is 0 Å². The molecule has 0 fully saturated rings. The zero-order valence-corrected chi connectivity index (χ0v) is 13.0. The van der Waals surface area contributed by atoms with Crippen molar-refractivity contribution in [1.29, 1.82) is 0 Å². The predicted molar refractivity (Wildman–Crippen MR) is 90.0 cm³/mol. The third-order valence-corrected chi connectivity index (χ3v) is 4.95. The predicted octanol–water partition coefficient (Wildman–Crippen LogP) is 5.69. The molecule has 1 nitrogen and oxygen atoms in total. The lowest BCUT2D eigenvalue weighted by molar-refractivity contribution is 1.70. The van der Waals surface area contributed by atoms with Crippen molar-refractivity contribution in [3.63, 3.8) is 0 Å². The smallest absolute Gasteiger partial charge is 0.0326 e. The Morgan fingerprint density at radius 2 is 1.21 bits per heavy atom. The largest absolute Gasteiger partial charge is 0.399 e. The van der Waals surface area contributed by atoms with Crippen LogP contribution in [0.4, 0.5) is 5.69 Å². The summed E-state index contributed by atoms with van der Waals surface area (Å²) >= 11 is 7.30. The Kier molecular flexibility index (Phi) is 2.32. The molecule has 0 amide bonds. The van der Waals surface area contributed by atoms with Crippen molar-refractivity contribution < 1.29 is 0 Å². The fourth-order valence-corrected chi connectivity index (χ4v) is 4.28. The third-order valence-electron chi connectivity index (χ3n) is 3.64. The fraction of sp³-hybridized carbons (Fsp3) is 0. The van der Waals surface area contributed by atoms with Gasteiger partial charge in [0.1, 0.15) is 0 Å². The molecule has 0 aliphatic carbocycles. The molecular formula is C16H9Br2N. The minimum Gasteiger partial charge on any atom is -0.399 e. The Bertz CT molecular complexity index is 874. The van der Waals surface area contributed by atoms with E-state index in [1.165, 1.54) is 32.3 Å². The molecule has 2 N–H and O–H groups in total. The Morgan fingerprint density at radius 3 is 1.74 bits per heavy atom. The van der Waals surface area contributed by atoms with Crippen LogP contribution < -0.4 is 5.73 Å². The summed E-state index contributed by atoms with van der Waals surface area (Å²) in [7, 11) is 0. The lowest BCUT2D eigenvalue weighted by Crippen LogP contribution is -1.89. The van der Waals surface area contributed by atoms with Crippen LogP contribution in [0, 0.1) is 0 Å². The number of rotatable bonds is 0. The maximum absolute atomic E-state index is 5.97. The molecule has 0 saturated heterocycles. The summed E-state index contributed by atoms with van der Waals surface area (Å²) < 4.78 is 2.22. The van der Waals surface area contributed by atoms with Crippen molar-refractivity contribution in [3.05, 3.63) is 51.4 Å². The van der Waals surface area contributed by atoms with Crippen LogP contribution in [0.2, 0.25) is 0 Å². The van der Waals surface area contributed by atoms with Crippen molar-refractivity contribution in [3.8, 4) is 0 Å². The molecule has 0 unspecified atom stereocenters. The van der Waals surface area contributed by atoms with Crippen molar-refractivity contribution in [1.82, 2.24) is 0 Å². The van der Waals surface area contributed by atoms with Gasteiger partial charge in [0.15, 0.2) is 0 Å². The van der Waals surface area contributed by atoms with Gasteiger partial charge in [-0.1, -0.05) is 56.1 Å². The van der Waals surface area contributed by atoms with Crippen LogP contribution in [0.25, 0.3) is 32.3 Å². The van der Waals surface area contributed by atoms with Gasteiger partial charge >= 0.3 is 0 Å². The normalized spacial score (nSPS) is 11.9. The molecule has 0 aromatic heterocycles. The summed E-state index contributed by atoms with van der Waals surface area (Å²) in [6, 6.07) is 14.8. The van der Waals surface area contributed by atoms with Crippen LogP contribution >= 0.6 is 31.9 Å². The molecular weight excluding hydrogens is 366 g/mol. The molecule has 0 atom stereocenters. The quantitative estimate of drug-likeness (QED) is 0.310. The zero-order valence-electron chi connectivity index (χ0n) is 9.87. The van der Waals surface area contributed by atoms with E-state index in [2.05, 4.69) is 62.2 Å². The highest BCUT2D eigenvalue weighted by Crippen LogP contribution is 2.41. The third kappa shape index (κ3) is 1.52. The van der Waals surface area contributed by atoms with Crippen LogP contribution in [0.3, 0.4) is 0 Å². The van der Waals surface area contributed by atoms with Gasteiger partial charge in [-0.3, -0.25) is 0 Å². The lowest BCUT2D eigenvalue weighted by Gasteiger charge is -2.13. The summed E-state index contributed by atoms with van der Waals surface area (Å²) in [5, 5.41) is 7.43. The Hall–Kier alpha value is -1.32. The molecule has 92 valence electrons. The van der Waals surface area contributed by atoms with Gasteiger partial charge < -0.3 is 5.73 Å². The average molecular weight is 375 g/mol. The van der Waals surface area contributed by atoms with Gasteiger partial charge in [0, 0.05) is 14.6 Å². The second-order valence-corrected chi connectivity index (χ2v) is 6.49. The standard InChI is InChI=1S/C16H9Br2N/c17-13-7-14(18)12-4-2-9-6-10(19)5-8-1-3-11(13)16(12)15(8)9/h1-7H,19H2. The second kappa shape index (κ2) is 3.84. The number of nitrogen functional groups attached to an aromatic ring is 1. The first-order valence-electron chi connectivity index (χ1n) is 5.97. The Balaban J connectivity index is 2.44. The molecule has 4 aromatic rings. The summed E-state index contributed by atoms with van der Waals surface area (Å²) in [6.45, 7) is 0. The molecule has 19 heavy (non-hydrogen) atoms. The minimum absolute atomic E-state index is 0.809. The lowest BCUT2D eigenvalue weighted by atomic mass is 9.94. The van der Waals surface area contributed by atoms with Gasteiger partial charge in [-0.25, -0.2) is 0 Å². The number of nitrogens with two attached hydrogens (primary N) is 1. The Morgan fingerprint density at radius 1 is 0.684 bits per heavy atom. The van der Waals surface area contributed by atoms with E-state index in [-0.39, 0.29) is 0 Å². The topological polar surface area (TPSA) is 26.0 Å². The van der Waals surface area contributed by atoms with Crippen molar-refractivity contribution in [2.24, 2.45) is 0 Å². The van der Waals surface area contributed by atoms with Gasteiger partial charge in [0.25, 0.3) is 0 Å². The highest BCUT2D eigenvalue weighted by atomic mass is 79.9. The summed E-state index contributed by atoms with van der Waals surface area (Å²) in [5.41, 5.74) is 6.78. The fourth-order valence-electron chi connectivity index (χ4n) is 2.86. The first kappa shape index (κ1) is 11.5. The highest BCUT2D eigenvalue weighted by Gasteiger charge is 2.12. The molecule has 0 aliphatic heterocycles. The van der Waals surface area contributed by atoms with Gasteiger partial charge in [0.05, 0.1) is 0 Å².